The van der Waals surface area contributed by atoms with Crippen molar-refractivity contribution in [1.82, 2.24) is 0 Å². The van der Waals surface area contributed by atoms with Crippen molar-refractivity contribution in [3.05, 3.63) is 0 Å². The summed E-state index contributed by atoms with van der Waals surface area (Å²) in [5.74, 6) is -0.0362. The largest absolute Gasteiger partial charge is 0.298 e. The predicted octanol–water partition coefficient (Wildman–Crippen LogP) is 0.399. The second kappa shape index (κ2) is 2.59. The Balaban J connectivity index is 2.93. The summed E-state index contributed by atoms with van der Waals surface area (Å²) in [5.41, 5.74) is 0. The fraction of sp³-hybridized carbons (Fsp3) is 0.857. The van der Waals surface area contributed by atoms with Gasteiger partial charge < -0.3 is 0 Å². The number of Topliss-reactive ketones (excluding diaryl/α,β-unsaturated/α-hetero) is 1. The molecule has 0 radical (unpaired) electrons. The molecule has 0 aliphatic carbocycles. The van der Waals surface area contributed by atoms with E-state index in [1.54, 1.807) is 6.92 Å². The summed E-state index contributed by atoms with van der Waals surface area (Å²) in [6.45, 7) is 3.26. The number of hydrogen-bond acceptors (Lipinski definition) is 3. The van der Waals surface area contributed by atoms with Crippen LogP contribution in [0.2, 0.25) is 0 Å². The van der Waals surface area contributed by atoms with Crippen molar-refractivity contribution < 1.29 is 13.2 Å². The van der Waals surface area contributed by atoms with Crippen LogP contribution < -0.4 is 0 Å². The highest BCUT2D eigenvalue weighted by atomic mass is 32.2. The zero-order valence-corrected chi connectivity index (χ0v) is 7.52. The molecule has 0 aromatic carbocycles. The molecular formula is C7H12O3S. The molecule has 1 heterocycles. The van der Waals surface area contributed by atoms with E-state index in [4.69, 9.17) is 0 Å². The molecule has 0 N–H and O–H groups in total. The second-order valence-corrected chi connectivity index (χ2v) is 5.54. The number of carbonyl (C=O) groups is 1. The maximum Gasteiger partial charge on any atom is 0.160 e. The van der Waals surface area contributed by atoms with Gasteiger partial charge in [0.25, 0.3) is 0 Å². The smallest absolute Gasteiger partial charge is 0.160 e. The number of rotatable bonds is 0. The lowest BCUT2D eigenvalue weighted by atomic mass is 10.0. The molecule has 11 heavy (non-hydrogen) atoms. The summed E-state index contributed by atoms with van der Waals surface area (Å²) in [5, 5.41) is -0.772. The van der Waals surface area contributed by atoms with Gasteiger partial charge >= 0.3 is 0 Å². The molecule has 0 bridgehead atoms. The Hall–Kier alpha value is -0.380. The molecule has 1 rings (SSSR count). The molecule has 0 aromatic heterocycles. The molecule has 1 fully saturated rings. The monoisotopic (exact) mass is 176 g/mol. The Labute approximate surface area is 66.7 Å². The first-order valence-corrected chi connectivity index (χ1v) is 5.42. The van der Waals surface area contributed by atoms with Crippen LogP contribution in [-0.2, 0) is 14.6 Å². The van der Waals surface area contributed by atoms with Gasteiger partial charge in [0.15, 0.2) is 15.6 Å². The lowest BCUT2D eigenvalue weighted by Gasteiger charge is -2.22. The second-order valence-electron chi connectivity index (χ2n) is 3.10. The van der Waals surface area contributed by atoms with Crippen LogP contribution in [0.15, 0.2) is 0 Å². The summed E-state index contributed by atoms with van der Waals surface area (Å²) in [6.07, 6.45) is 0.492. The maximum atomic E-state index is 11.2. The number of ketones is 1. The van der Waals surface area contributed by atoms with Crippen molar-refractivity contribution in [2.45, 2.75) is 25.5 Å². The van der Waals surface area contributed by atoms with E-state index in [2.05, 4.69) is 0 Å². The molecule has 1 saturated heterocycles. The van der Waals surface area contributed by atoms with Crippen LogP contribution in [0.25, 0.3) is 0 Å². The Morgan fingerprint density at radius 2 is 1.91 bits per heavy atom. The van der Waals surface area contributed by atoms with E-state index < -0.39 is 15.1 Å². The third-order valence-electron chi connectivity index (χ3n) is 2.26. The molecule has 0 saturated carbocycles. The van der Waals surface area contributed by atoms with Gasteiger partial charge in [0.1, 0.15) is 5.25 Å². The average molecular weight is 176 g/mol. The maximum absolute atomic E-state index is 11.2. The normalized spacial score (nSPS) is 37.1. The molecular weight excluding hydrogens is 164 g/mol. The molecule has 1 aliphatic rings. The Morgan fingerprint density at radius 1 is 1.36 bits per heavy atom. The highest BCUT2D eigenvalue weighted by molar-refractivity contribution is 7.92. The summed E-state index contributed by atoms with van der Waals surface area (Å²) in [7, 11) is -3.09. The highest BCUT2D eigenvalue weighted by Crippen LogP contribution is 2.20. The lowest BCUT2D eigenvalue weighted by Crippen LogP contribution is -2.39. The van der Waals surface area contributed by atoms with Crippen LogP contribution in [0.5, 0.6) is 0 Å². The van der Waals surface area contributed by atoms with Gasteiger partial charge in [0.05, 0.1) is 5.75 Å². The predicted molar refractivity (Wildman–Crippen MR) is 42.0 cm³/mol. The van der Waals surface area contributed by atoms with Crippen molar-refractivity contribution in [3.63, 3.8) is 0 Å². The minimum absolute atomic E-state index is 0.0754. The Morgan fingerprint density at radius 3 is 2.36 bits per heavy atom. The fourth-order valence-electron chi connectivity index (χ4n) is 1.24. The van der Waals surface area contributed by atoms with Crippen molar-refractivity contribution >= 4 is 15.6 Å². The van der Waals surface area contributed by atoms with E-state index in [1.165, 1.54) is 6.92 Å². The van der Waals surface area contributed by atoms with Crippen molar-refractivity contribution in [3.8, 4) is 0 Å². The summed E-state index contributed by atoms with van der Waals surface area (Å²) in [4.78, 5) is 11.2. The summed E-state index contributed by atoms with van der Waals surface area (Å²) >= 11 is 0. The zero-order valence-electron chi connectivity index (χ0n) is 6.70. The molecule has 64 valence electrons. The minimum Gasteiger partial charge on any atom is -0.298 e. The van der Waals surface area contributed by atoms with Crippen LogP contribution >= 0.6 is 0 Å². The molecule has 2 unspecified atom stereocenters. The number of hydrogen-bond donors (Lipinski definition) is 0. The SMILES string of the molecule is CC1CCS(=O)(=O)C(C)C1=O. The fourth-order valence-corrected chi connectivity index (χ4v) is 2.86. The molecule has 2 atom stereocenters. The molecule has 0 spiro atoms. The van der Waals surface area contributed by atoms with Gasteiger partial charge in [0.2, 0.25) is 0 Å². The van der Waals surface area contributed by atoms with Crippen molar-refractivity contribution in [1.29, 1.82) is 0 Å². The van der Waals surface area contributed by atoms with Crippen molar-refractivity contribution in [2.75, 3.05) is 5.75 Å². The summed E-state index contributed by atoms with van der Waals surface area (Å²) < 4.78 is 22.2. The third kappa shape index (κ3) is 1.45. The number of carbonyl (C=O) groups excluding carboxylic acids is 1. The van der Waals surface area contributed by atoms with Crippen molar-refractivity contribution in [2.24, 2.45) is 5.92 Å². The standard InChI is InChI=1S/C7H12O3S/c1-5-3-4-11(9,10)6(2)7(5)8/h5-6H,3-4H2,1-2H3. The van der Waals surface area contributed by atoms with Crippen LogP contribution in [0, 0.1) is 5.92 Å². The first-order valence-electron chi connectivity index (χ1n) is 3.70. The van der Waals surface area contributed by atoms with Gasteiger partial charge in [-0.05, 0) is 13.3 Å². The highest BCUT2D eigenvalue weighted by Gasteiger charge is 2.35. The third-order valence-corrected chi connectivity index (χ3v) is 4.37. The Bertz CT molecular complexity index is 265. The molecule has 0 amide bonds. The van der Waals surface area contributed by atoms with Crippen LogP contribution in [0.4, 0.5) is 0 Å². The van der Waals surface area contributed by atoms with Gasteiger partial charge in [-0.25, -0.2) is 8.42 Å². The van der Waals surface area contributed by atoms with Gasteiger partial charge in [0, 0.05) is 5.92 Å². The van der Waals surface area contributed by atoms with Gasteiger partial charge in [-0.3, -0.25) is 4.79 Å². The van der Waals surface area contributed by atoms with Crippen LogP contribution in [-0.4, -0.2) is 25.2 Å². The van der Waals surface area contributed by atoms with E-state index in [0.717, 1.165) is 0 Å². The summed E-state index contributed by atoms with van der Waals surface area (Å²) in [6, 6.07) is 0. The molecule has 3 nitrogen and oxygen atoms in total. The molecule has 1 aliphatic heterocycles. The van der Waals surface area contributed by atoms with Gasteiger partial charge in [-0.1, -0.05) is 6.92 Å². The van der Waals surface area contributed by atoms with E-state index >= 15 is 0 Å². The van der Waals surface area contributed by atoms with Gasteiger partial charge in [-0.2, -0.15) is 0 Å². The lowest BCUT2D eigenvalue weighted by molar-refractivity contribution is -0.122. The quantitative estimate of drug-likeness (QED) is 0.536. The zero-order chi connectivity index (χ0) is 8.65. The topological polar surface area (TPSA) is 51.2 Å². The number of sulfone groups is 1. The van der Waals surface area contributed by atoms with E-state index in [-0.39, 0.29) is 17.5 Å². The van der Waals surface area contributed by atoms with E-state index in [9.17, 15) is 13.2 Å². The first-order chi connectivity index (χ1) is 4.95. The molecule has 0 aromatic rings. The van der Waals surface area contributed by atoms with E-state index in [0.29, 0.717) is 6.42 Å². The van der Waals surface area contributed by atoms with Crippen LogP contribution in [0.1, 0.15) is 20.3 Å². The average Bonchev–Trinajstić information content (AvgIpc) is 1.95. The molecule has 4 heteroatoms. The first kappa shape index (κ1) is 8.71. The minimum atomic E-state index is -3.09. The Kier molecular flexibility index (Phi) is 2.05. The van der Waals surface area contributed by atoms with Crippen LogP contribution in [0.3, 0.4) is 0 Å². The van der Waals surface area contributed by atoms with E-state index in [1.807, 2.05) is 0 Å². The van der Waals surface area contributed by atoms with Gasteiger partial charge in [-0.15, -0.1) is 0 Å².